The summed E-state index contributed by atoms with van der Waals surface area (Å²) >= 11 is 0. The summed E-state index contributed by atoms with van der Waals surface area (Å²) in [4.78, 5) is 22.8. The first-order valence-electron chi connectivity index (χ1n) is 8.39. The molecule has 0 aliphatic carbocycles. The molecule has 218 valence electrons. The van der Waals surface area contributed by atoms with Crippen LogP contribution in [-0.4, -0.2) is 53.3 Å². The van der Waals surface area contributed by atoms with Crippen molar-refractivity contribution < 1.29 is 97.4 Å². The van der Waals surface area contributed by atoms with Gasteiger partial charge in [0.2, 0.25) is 11.6 Å². The highest BCUT2D eigenvalue weighted by Gasteiger charge is 2.93. The summed E-state index contributed by atoms with van der Waals surface area (Å²) in [5.41, 5.74) is -2.85. The van der Waals surface area contributed by atoms with Gasteiger partial charge in [0.25, 0.3) is 0 Å². The Labute approximate surface area is 193 Å². The molecule has 1 rings (SSSR count). The molecule has 0 bridgehead atoms. The van der Waals surface area contributed by atoms with E-state index in [4.69, 9.17) is 0 Å². The van der Waals surface area contributed by atoms with Gasteiger partial charge in [-0.15, -0.1) is 0 Å². The summed E-state index contributed by atoms with van der Waals surface area (Å²) in [5, 5.41) is 0. The standard InChI is InChI=1S/C16H2F20O2/c17-5-4(6(18)8(20)9(21)7(5)19)2(37)1-3(38)10(22,23)11(24,25)12(26,27)13(28,29)14(30,31)15(32,33)16(34,35)36/h1H2. The maximum atomic E-state index is 13.7. The van der Waals surface area contributed by atoms with Gasteiger partial charge in [-0.05, 0) is 0 Å². The van der Waals surface area contributed by atoms with Crippen molar-refractivity contribution in [2.45, 2.75) is 48.1 Å². The second-order valence-corrected chi connectivity index (χ2v) is 6.91. The number of hydrogen-bond donors (Lipinski definition) is 0. The van der Waals surface area contributed by atoms with Crippen LogP contribution in [0, 0.1) is 29.1 Å². The predicted octanol–water partition coefficient (Wildman–Crippen LogP) is 6.90. The zero-order chi connectivity index (χ0) is 30.8. The van der Waals surface area contributed by atoms with E-state index in [1.54, 1.807) is 0 Å². The first-order valence-corrected chi connectivity index (χ1v) is 8.39. The molecule has 1 aromatic rings. The van der Waals surface area contributed by atoms with Gasteiger partial charge in [-0.1, -0.05) is 0 Å². The lowest BCUT2D eigenvalue weighted by atomic mass is 9.88. The molecule has 0 atom stereocenters. The van der Waals surface area contributed by atoms with Crippen molar-refractivity contribution in [3.8, 4) is 0 Å². The first-order chi connectivity index (χ1) is 16.5. The molecular weight excluding hydrogens is 604 g/mol. The predicted molar refractivity (Wildman–Crippen MR) is 75.9 cm³/mol. The second-order valence-electron chi connectivity index (χ2n) is 6.91. The second kappa shape index (κ2) is 9.12. The van der Waals surface area contributed by atoms with E-state index in [0.717, 1.165) is 0 Å². The van der Waals surface area contributed by atoms with Crippen LogP contribution in [0.1, 0.15) is 16.8 Å². The van der Waals surface area contributed by atoms with Crippen molar-refractivity contribution in [1.29, 1.82) is 0 Å². The Bertz CT molecular complexity index is 1100. The minimum absolute atomic E-state index is 2.85. The van der Waals surface area contributed by atoms with Crippen molar-refractivity contribution in [3.63, 3.8) is 0 Å². The van der Waals surface area contributed by atoms with E-state index in [0.29, 0.717) is 0 Å². The van der Waals surface area contributed by atoms with Crippen LogP contribution in [0.3, 0.4) is 0 Å². The van der Waals surface area contributed by atoms with Crippen LogP contribution in [-0.2, 0) is 4.79 Å². The number of halogens is 20. The van der Waals surface area contributed by atoms with Crippen LogP contribution in [0.4, 0.5) is 87.8 Å². The molecule has 0 saturated carbocycles. The molecule has 0 aromatic heterocycles. The van der Waals surface area contributed by atoms with Crippen molar-refractivity contribution in [3.05, 3.63) is 34.6 Å². The van der Waals surface area contributed by atoms with Gasteiger partial charge in [-0.2, -0.15) is 65.9 Å². The van der Waals surface area contributed by atoms with E-state index in [2.05, 4.69) is 0 Å². The van der Waals surface area contributed by atoms with Gasteiger partial charge in [0, 0.05) is 0 Å². The zero-order valence-corrected chi connectivity index (χ0v) is 16.6. The Morgan fingerprint density at radius 1 is 0.447 bits per heavy atom. The van der Waals surface area contributed by atoms with Crippen LogP contribution in [0.15, 0.2) is 0 Å². The number of alkyl halides is 15. The van der Waals surface area contributed by atoms with E-state index in [9.17, 15) is 97.4 Å². The molecule has 0 aliphatic rings. The van der Waals surface area contributed by atoms with E-state index in [1.807, 2.05) is 0 Å². The molecule has 0 saturated heterocycles. The largest absolute Gasteiger partial charge is 0.460 e. The fraction of sp³-hybridized carbons (Fsp3) is 0.500. The number of rotatable bonds is 9. The molecule has 0 spiro atoms. The van der Waals surface area contributed by atoms with E-state index in [1.165, 1.54) is 0 Å². The Morgan fingerprint density at radius 2 is 0.737 bits per heavy atom. The maximum absolute atomic E-state index is 13.7. The van der Waals surface area contributed by atoms with Crippen molar-refractivity contribution in [2.24, 2.45) is 0 Å². The normalized spacial score (nSPS) is 14.6. The van der Waals surface area contributed by atoms with Gasteiger partial charge in [0.05, 0.1) is 12.0 Å². The highest BCUT2D eigenvalue weighted by Crippen LogP contribution is 2.62. The minimum Gasteiger partial charge on any atom is -0.293 e. The molecule has 0 heterocycles. The SMILES string of the molecule is O=C(CC(=O)C(F)(F)C(F)(F)C(F)(F)C(F)(F)C(F)(F)C(F)(F)C(F)(F)F)c1c(F)c(F)c(F)c(F)c1F. The summed E-state index contributed by atoms with van der Waals surface area (Å²) in [6, 6.07) is 0. The van der Waals surface area contributed by atoms with Gasteiger partial charge in [-0.25, -0.2) is 22.0 Å². The van der Waals surface area contributed by atoms with Gasteiger partial charge in [-0.3, -0.25) is 9.59 Å². The molecule has 1 aromatic carbocycles. The third-order valence-electron chi connectivity index (χ3n) is 4.49. The fourth-order valence-electron chi connectivity index (χ4n) is 2.34. The molecule has 0 aliphatic heterocycles. The van der Waals surface area contributed by atoms with Crippen LogP contribution in [0.2, 0.25) is 0 Å². The smallest absolute Gasteiger partial charge is 0.293 e. The molecule has 22 heteroatoms. The molecule has 0 radical (unpaired) electrons. The van der Waals surface area contributed by atoms with Gasteiger partial charge < -0.3 is 0 Å². The topological polar surface area (TPSA) is 34.1 Å². The van der Waals surface area contributed by atoms with E-state index >= 15 is 0 Å². The van der Waals surface area contributed by atoms with Crippen LogP contribution >= 0.6 is 0 Å². The summed E-state index contributed by atoms with van der Waals surface area (Å²) in [7, 11) is 0. The van der Waals surface area contributed by atoms with Crippen LogP contribution in [0.5, 0.6) is 0 Å². The number of Topliss-reactive ketones (excluding diaryl/α,β-unsaturated/α-hetero) is 2. The number of hydrogen-bond acceptors (Lipinski definition) is 2. The minimum atomic E-state index is -8.77. The lowest BCUT2D eigenvalue weighted by Crippen LogP contribution is -2.73. The Kier molecular flexibility index (Phi) is 7.97. The Hall–Kier alpha value is -2.84. The lowest BCUT2D eigenvalue weighted by molar-refractivity contribution is -0.449. The Morgan fingerprint density at radius 3 is 1.08 bits per heavy atom. The molecule has 0 amide bonds. The lowest BCUT2D eigenvalue weighted by Gasteiger charge is -2.41. The van der Waals surface area contributed by atoms with Crippen LogP contribution < -0.4 is 0 Å². The summed E-state index contributed by atoms with van der Waals surface area (Å²) < 4.78 is 262. The molecule has 0 fully saturated rings. The van der Waals surface area contributed by atoms with Gasteiger partial charge in [0.15, 0.2) is 29.1 Å². The highest BCUT2D eigenvalue weighted by atomic mass is 19.4. The molecule has 38 heavy (non-hydrogen) atoms. The zero-order valence-electron chi connectivity index (χ0n) is 16.6. The first kappa shape index (κ1) is 33.2. The number of benzene rings is 1. The highest BCUT2D eigenvalue weighted by molar-refractivity contribution is 6.10. The van der Waals surface area contributed by atoms with E-state index < -0.39 is 94.3 Å². The number of carbonyl (C=O) groups excluding carboxylic acids is 2. The third-order valence-corrected chi connectivity index (χ3v) is 4.49. The van der Waals surface area contributed by atoms with Gasteiger partial charge in [0.1, 0.15) is 0 Å². The van der Waals surface area contributed by atoms with E-state index in [-0.39, 0.29) is 0 Å². The average molecular weight is 606 g/mol. The molecular formula is C16H2F20O2. The third kappa shape index (κ3) is 4.31. The fourth-order valence-corrected chi connectivity index (χ4v) is 2.34. The van der Waals surface area contributed by atoms with Crippen molar-refractivity contribution in [1.82, 2.24) is 0 Å². The van der Waals surface area contributed by atoms with Crippen molar-refractivity contribution in [2.75, 3.05) is 0 Å². The Balaban J connectivity index is 3.58. The number of carbonyl (C=O) groups is 2. The molecule has 2 nitrogen and oxygen atoms in total. The van der Waals surface area contributed by atoms with Gasteiger partial charge >= 0.3 is 41.7 Å². The quantitative estimate of drug-likeness (QED) is 0.101. The molecule has 0 unspecified atom stereocenters. The monoisotopic (exact) mass is 606 g/mol. The summed E-state index contributed by atoms with van der Waals surface area (Å²) in [6.45, 7) is 0. The summed E-state index contributed by atoms with van der Waals surface area (Å²) in [6.07, 6.45) is -11.2. The average Bonchev–Trinajstić information content (AvgIpc) is 2.74. The van der Waals surface area contributed by atoms with Crippen molar-refractivity contribution >= 4 is 11.6 Å². The maximum Gasteiger partial charge on any atom is 0.460 e. The summed E-state index contributed by atoms with van der Waals surface area (Å²) in [5.74, 6) is -73.2. The van der Waals surface area contributed by atoms with Crippen LogP contribution in [0.25, 0.3) is 0 Å². The molecule has 0 N–H and O–H groups in total. The number of ketones is 2.